The minimum atomic E-state index is -0.877. The number of benzene rings is 1. The summed E-state index contributed by atoms with van der Waals surface area (Å²) in [7, 11) is 0. The Kier molecular flexibility index (Phi) is 4.88. The van der Waals surface area contributed by atoms with Crippen molar-refractivity contribution in [3.8, 4) is 0 Å². The quantitative estimate of drug-likeness (QED) is 0.648. The van der Waals surface area contributed by atoms with Gasteiger partial charge in [0.1, 0.15) is 11.6 Å². The van der Waals surface area contributed by atoms with Crippen LogP contribution in [0, 0.1) is 30.3 Å². The number of rotatable bonds is 4. The SMILES string of the molecule is Cc1c(N2CCC(C(N)c3c(F)cccc3F)C2)c(F)cn2c(=O)[nH]c(=O)c(C3CC3)c12. The van der Waals surface area contributed by atoms with Crippen LogP contribution in [-0.2, 0) is 0 Å². The highest BCUT2D eigenvalue weighted by molar-refractivity contribution is 5.72. The summed E-state index contributed by atoms with van der Waals surface area (Å²) < 4.78 is 44.8. The second-order valence-electron chi connectivity index (χ2n) is 8.77. The molecule has 2 aliphatic rings. The number of aromatic amines is 1. The van der Waals surface area contributed by atoms with Crippen molar-refractivity contribution < 1.29 is 13.2 Å². The van der Waals surface area contributed by atoms with E-state index in [2.05, 4.69) is 4.98 Å². The molecule has 2 fully saturated rings. The zero-order valence-electron chi connectivity index (χ0n) is 17.5. The largest absolute Gasteiger partial charge is 0.368 e. The number of hydrogen-bond donors (Lipinski definition) is 2. The molecule has 9 heteroatoms. The van der Waals surface area contributed by atoms with Crippen molar-refractivity contribution >= 4 is 11.2 Å². The van der Waals surface area contributed by atoms with E-state index >= 15 is 4.39 Å². The Balaban J connectivity index is 1.55. The van der Waals surface area contributed by atoms with Gasteiger partial charge in [-0.25, -0.2) is 18.0 Å². The standard InChI is InChI=1S/C23H23F3N4O2/c1-11-20(16(26)10-30-21(11)17(12-5-6-12)22(31)28-23(30)32)29-8-7-13(9-29)19(27)18-14(24)3-2-4-15(18)25/h2-4,10,12-13,19H,5-9,27H2,1H3,(H,28,31,32). The van der Waals surface area contributed by atoms with Crippen molar-refractivity contribution in [3.05, 3.63) is 79.4 Å². The van der Waals surface area contributed by atoms with Gasteiger partial charge in [-0.3, -0.25) is 14.2 Å². The molecule has 1 aliphatic heterocycles. The first-order valence-electron chi connectivity index (χ1n) is 10.7. The Morgan fingerprint density at radius 2 is 1.78 bits per heavy atom. The average Bonchev–Trinajstić information content (AvgIpc) is 3.45. The highest BCUT2D eigenvalue weighted by atomic mass is 19.1. The normalized spacial score (nSPS) is 19.7. The maximum atomic E-state index is 15.2. The third kappa shape index (κ3) is 3.23. The fraction of sp³-hybridized carbons (Fsp3) is 0.391. The van der Waals surface area contributed by atoms with E-state index in [1.54, 1.807) is 11.8 Å². The van der Waals surface area contributed by atoms with Crippen LogP contribution in [0.1, 0.15) is 47.9 Å². The van der Waals surface area contributed by atoms with Gasteiger partial charge in [0.25, 0.3) is 5.56 Å². The van der Waals surface area contributed by atoms with E-state index in [-0.39, 0.29) is 17.4 Å². The summed E-state index contributed by atoms with van der Waals surface area (Å²) in [5.41, 5.74) is 6.68. The van der Waals surface area contributed by atoms with Crippen LogP contribution >= 0.6 is 0 Å². The van der Waals surface area contributed by atoms with E-state index in [4.69, 9.17) is 5.73 Å². The smallest absolute Gasteiger partial charge is 0.333 e. The van der Waals surface area contributed by atoms with E-state index in [0.29, 0.717) is 41.8 Å². The Morgan fingerprint density at radius 3 is 2.44 bits per heavy atom. The lowest BCUT2D eigenvalue weighted by molar-refractivity contribution is 0.430. The van der Waals surface area contributed by atoms with Gasteiger partial charge in [0.05, 0.1) is 17.4 Å². The molecule has 32 heavy (non-hydrogen) atoms. The van der Waals surface area contributed by atoms with Gasteiger partial charge in [-0.15, -0.1) is 0 Å². The summed E-state index contributed by atoms with van der Waals surface area (Å²) in [5.74, 6) is -2.23. The number of nitrogens with zero attached hydrogens (tertiary/aromatic N) is 2. The monoisotopic (exact) mass is 444 g/mol. The molecule has 6 nitrogen and oxygen atoms in total. The summed E-state index contributed by atoms with van der Waals surface area (Å²) in [4.78, 5) is 28.9. The van der Waals surface area contributed by atoms with Crippen LogP contribution in [0.2, 0.25) is 0 Å². The zero-order chi connectivity index (χ0) is 22.7. The molecule has 2 aromatic heterocycles. The van der Waals surface area contributed by atoms with Gasteiger partial charge in [-0.2, -0.15) is 0 Å². The van der Waals surface area contributed by atoms with Crippen LogP contribution in [0.4, 0.5) is 18.9 Å². The Bertz CT molecular complexity index is 1330. The summed E-state index contributed by atoms with van der Waals surface area (Å²) in [6.07, 6.45) is 3.32. The third-order valence-corrected chi connectivity index (χ3v) is 6.73. The second-order valence-corrected chi connectivity index (χ2v) is 8.77. The number of fused-ring (bicyclic) bond motifs is 1. The molecule has 1 aromatic carbocycles. The zero-order valence-corrected chi connectivity index (χ0v) is 17.5. The highest BCUT2D eigenvalue weighted by Gasteiger charge is 2.35. The molecule has 5 rings (SSSR count). The molecule has 0 bridgehead atoms. The van der Waals surface area contributed by atoms with E-state index in [1.807, 2.05) is 0 Å². The van der Waals surface area contributed by atoms with Crippen LogP contribution < -0.4 is 21.9 Å². The van der Waals surface area contributed by atoms with Crippen molar-refractivity contribution in [2.24, 2.45) is 11.7 Å². The van der Waals surface area contributed by atoms with Gasteiger partial charge in [0.15, 0.2) is 5.82 Å². The van der Waals surface area contributed by atoms with Gasteiger partial charge < -0.3 is 10.6 Å². The van der Waals surface area contributed by atoms with Crippen LogP contribution in [0.5, 0.6) is 0 Å². The number of anilines is 1. The number of hydrogen-bond acceptors (Lipinski definition) is 4. The van der Waals surface area contributed by atoms with Crippen molar-refractivity contribution in [1.82, 2.24) is 9.38 Å². The number of nitrogens with two attached hydrogens (primary N) is 1. The molecule has 2 unspecified atom stereocenters. The molecule has 3 aromatic rings. The predicted molar refractivity (Wildman–Crippen MR) is 115 cm³/mol. The number of nitrogens with one attached hydrogen (secondary N) is 1. The minimum Gasteiger partial charge on any atom is -0.368 e. The van der Waals surface area contributed by atoms with Crippen LogP contribution in [0.25, 0.3) is 5.52 Å². The molecule has 0 amide bonds. The topological polar surface area (TPSA) is 83.6 Å². The molecule has 0 spiro atoms. The summed E-state index contributed by atoms with van der Waals surface area (Å²) in [6.45, 7) is 2.44. The molecule has 0 radical (unpaired) electrons. The number of pyridine rings is 1. The summed E-state index contributed by atoms with van der Waals surface area (Å²) >= 11 is 0. The van der Waals surface area contributed by atoms with E-state index in [9.17, 15) is 18.4 Å². The van der Waals surface area contributed by atoms with Crippen molar-refractivity contribution in [2.45, 2.75) is 38.1 Å². The van der Waals surface area contributed by atoms with Crippen LogP contribution in [0.15, 0.2) is 34.0 Å². The Hall–Kier alpha value is -3.07. The first-order chi connectivity index (χ1) is 15.3. The van der Waals surface area contributed by atoms with Gasteiger partial charge in [-0.05, 0) is 50.2 Å². The number of H-pyrrole nitrogens is 1. The van der Waals surface area contributed by atoms with Gasteiger partial charge in [0.2, 0.25) is 0 Å². The van der Waals surface area contributed by atoms with Crippen LogP contribution in [0.3, 0.4) is 0 Å². The average molecular weight is 444 g/mol. The summed E-state index contributed by atoms with van der Waals surface area (Å²) in [6, 6.07) is 2.76. The third-order valence-electron chi connectivity index (χ3n) is 6.73. The molecular weight excluding hydrogens is 421 g/mol. The number of halogens is 3. The fourth-order valence-electron chi connectivity index (χ4n) is 5.02. The highest BCUT2D eigenvalue weighted by Crippen LogP contribution is 2.42. The lowest BCUT2D eigenvalue weighted by Gasteiger charge is -2.25. The lowest BCUT2D eigenvalue weighted by atomic mass is 9.92. The van der Waals surface area contributed by atoms with E-state index in [0.717, 1.165) is 23.4 Å². The fourth-order valence-corrected chi connectivity index (χ4v) is 5.02. The van der Waals surface area contributed by atoms with E-state index in [1.165, 1.54) is 18.2 Å². The Labute approximate surface area is 181 Å². The molecule has 1 saturated carbocycles. The summed E-state index contributed by atoms with van der Waals surface area (Å²) in [5, 5.41) is 0. The molecule has 2 atom stereocenters. The first kappa shape index (κ1) is 20.8. The molecule has 3 heterocycles. The molecular formula is C23H23F3N4O2. The molecule has 1 aliphatic carbocycles. The number of aryl methyl sites for hydroxylation is 1. The van der Waals surface area contributed by atoms with Gasteiger partial charge in [-0.1, -0.05) is 6.07 Å². The van der Waals surface area contributed by atoms with Crippen molar-refractivity contribution in [3.63, 3.8) is 0 Å². The van der Waals surface area contributed by atoms with Crippen molar-refractivity contribution in [1.29, 1.82) is 0 Å². The first-order valence-corrected chi connectivity index (χ1v) is 10.7. The minimum absolute atomic E-state index is 0.0511. The van der Waals surface area contributed by atoms with Gasteiger partial charge in [0, 0.05) is 35.8 Å². The van der Waals surface area contributed by atoms with Crippen molar-refractivity contribution in [2.75, 3.05) is 18.0 Å². The Morgan fingerprint density at radius 1 is 1.09 bits per heavy atom. The predicted octanol–water partition coefficient (Wildman–Crippen LogP) is 3.12. The molecule has 3 N–H and O–H groups in total. The lowest BCUT2D eigenvalue weighted by Crippen LogP contribution is -2.31. The second kappa shape index (κ2) is 7.51. The maximum absolute atomic E-state index is 15.2. The van der Waals surface area contributed by atoms with E-state index < -0.39 is 34.7 Å². The van der Waals surface area contributed by atoms with Gasteiger partial charge >= 0.3 is 5.69 Å². The van der Waals surface area contributed by atoms with Crippen LogP contribution in [-0.4, -0.2) is 22.5 Å². The maximum Gasteiger partial charge on any atom is 0.333 e. The molecule has 168 valence electrons. The number of aromatic nitrogens is 2. The molecule has 1 saturated heterocycles.